The van der Waals surface area contributed by atoms with Crippen LogP contribution in [0.5, 0.6) is 0 Å². The fraction of sp³-hybridized carbons (Fsp3) is 0.353. The second-order valence-corrected chi connectivity index (χ2v) is 6.11. The van der Waals surface area contributed by atoms with Crippen LogP contribution in [0.3, 0.4) is 0 Å². The third-order valence-electron chi connectivity index (χ3n) is 4.15. The Bertz CT molecular complexity index is 748. The Hall–Kier alpha value is -2.34. The highest BCUT2D eigenvalue weighted by Crippen LogP contribution is 2.20. The zero-order chi connectivity index (χ0) is 17.1. The topological polar surface area (TPSA) is 54.3 Å². The number of aryl methyl sites for hydroxylation is 2. The molecule has 1 aliphatic rings. The van der Waals surface area contributed by atoms with E-state index in [1.165, 1.54) is 0 Å². The number of pyridine rings is 1. The molecule has 1 saturated heterocycles. The van der Waals surface area contributed by atoms with Crippen molar-refractivity contribution >= 4 is 29.4 Å². The second-order valence-electron chi connectivity index (χ2n) is 5.75. The molecule has 0 aliphatic carbocycles. The summed E-state index contributed by atoms with van der Waals surface area (Å²) in [5.74, 6) is 0.952. The van der Waals surface area contributed by atoms with Gasteiger partial charge in [-0.25, -0.2) is 4.98 Å². The molecule has 0 bridgehead atoms. The highest BCUT2D eigenvalue weighted by atomic mass is 35.5. The number of hydrogen-bond acceptors (Lipinski definition) is 4. The molecule has 0 spiro atoms. The van der Waals surface area contributed by atoms with Crippen molar-refractivity contribution in [2.45, 2.75) is 6.92 Å². The molecule has 3 rings (SSSR count). The molecule has 7 heteroatoms. The van der Waals surface area contributed by atoms with Gasteiger partial charge in [-0.05, 0) is 25.1 Å². The van der Waals surface area contributed by atoms with Gasteiger partial charge in [0.1, 0.15) is 11.0 Å². The van der Waals surface area contributed by atoms with Gasteiger partial charge >= 0.3 is 0 Å². The van der Waals surface area contributed by atoms with Gasteiger partial charge < -0.3 is 9.80 Å². The van der Waals surface area contributed by atoms with Crippen molar-refractivity contribution < 1.29 is 4.79 Å². The Morgan fingerprint density at radius 2 is 2.00 bits per heavy atom. The summed E-state index contributed by atoms with van der Waals surface area (Å²) in [5, 5.41) is 4.78. The van der Waals surface area contributed by atoms with Crippen LogP contribution in [0.15, 0.2) is 30.5 Å². The molecular weight excluding hydrogens is 326 g/mol. The molecule has 3 heterocycles. The third kappa shape index (κ3) is 3.43. The molecule has 1 aliphatic heterocycles. The maximum absolute atomic E-state index is 12.4. The quantitative estimate of drug-likeness (QED) is 0.800. The molecule has 0 aromatic carbocycles. The number of nitrogens with zero attached hydrogens (tertiary/aromatic N) is 5. The summed E-state index contributed by atoms with van der Waals surface area (Å²) in [6.07, 6.45) is 5.11. The lowest BCUT2D eigenvalue weighted by molar-refractivity contribution is -0.126. The predicted molar refractivity (Wildman–Crippen MR) is 95.0 cm³/mol. The Balaban J connectivity index is 1.60. The first kappa shape index (κ1) is 16.5. The molecule has 1 fully saturated rings. The number of piperazine rings is 1. The van der Waals surface area contributed by atoms with E-state index in [0.717, 1.165) is 30.2 Å². The minimum Gasteiger partial charge on any atom is -0.353 e. The van der Waals surface area contributed by atoms with Crippen LogP contribution in [0.1, 0.15) is 11.3 Å². The van der Waals surface area contributed by atoms with Crippen LogP contribution in [-0.4, -0.2) is 51.8 Å². The average molecular weight is 346 g/mol. The number of carbonyl (C=O) groups is 1. The second kappa shape index (κ2) is 7.05. The predicted octanol–water partition coefficient (Wildman–Crippen LogP) is 2.14. The zero-order valence-electron chi connectivity index (χ0n) is 13.8. The number of halogens is 1. The van der Waals surface area contributed by atoms with Gasteiger partial charge in [-0.15, -0.1) is 0 Å². The van der Waals surface area contributed by atoms with Crippen LogP contribution in [-0.2, 0) is 11.8 Å². The summed E-state index contributed by atoms with van der Waals surface area (Å²) in [7, 11) is 1.78. The molecular formula is C17H20ClN5O. The van der Waals surface area contributed by atoms with E-state index in [2.05, 4.69) is 15.0 Å². The Morgan fingerprint density at radius 3 is 2.58 bits per heavy atom. The van der Waals surface area contributed by atoms with Crippen LogP contribution in [0.2, 0.25) is 5.15 Å². The van der Waals surface area contributed by atoms with E-state index in [9.17, 15) is 4.79 Å². The number of anilines is 1. The lowest BCUT2D eigenvalue weighted by Crippen LogP contribution is -2.48. The Labute approximate surface area is 146 Å². The molecule has 1 amide bonds. The van der Waals surface area contributed by atoms with E-state index < -0.39 is 0 Å². The normalized spacial score (nSPS) is 15.3. The minimum atomic E-state index is -0.00464. The smallest absolute Gasteiger partial charge is 0.246 e. The lowest BCUT2D eigenvalue weighted by Gasteiger charge is -2.34. The van der Waals surface area contributed by atoms with E-state index in [4.69, 9.17) is 11.6 Å². The third-order valence-corrected chi connectivity index (χ3v) is 4.60. The molecule has 0 radical (unpaired) electrons. The standard InChI is InChI=1S/C17H20ClN5O/c1-13-14(17(18)21(2)20-13)6-7-16(24)23-11-9-22(10-12-23)15-5-3-4-8-19-15/h3-8H,9-12H2,1-2H3/b7-6+. The van der Waals surface area contributed by atoms with Gasteiger partial charge in [0, 0.05) is 51.1 Å². The summed E-state index contributed by atoms with van der Waals surface area (Å²) in [4.78, 5) is 20.8. The van der Waals surface area contributed by atoms with Crippen molar-refractivity contribution in [2.24, 2.45) is 7.05 Å². The van der Waals surface area contributed by atoms with E-state index in [1.54, 1.807) is 30.1 Å². The molecule has 2 aromatic rings. The number of amides is 1. The number of rotatable bonds is 3. The first-order chi connectivity index (χ1) is 11.6. The molecule has 0 N–H and O–H groups in total. The van der Waals surface area contributed by atoms with Crippen molar-refractivity contribution in [2.75, 3.05) is 31.1 Å². The number of hydrogen-bond donors (Lipinski definition) is 0. The summed E-state index contributed by atoms with van der Waals surface area (Å²) < 4.78 is 1.60. The molecule has 0 unspecified atom stereocenters. The Kier molecular flexibility index (Phi) is 4.85. The van der Waals surface area contributed by atoms with Gasteiger partial charge in [0.05, 0.1) is 5.69 Å². The summed E-state index contributed by atoms with van der Waals surface area (Å²) in [5.41, 5.74) is 1.60. The first-order valence-corrected chi connectivity index (χ1v) is 8.26. The highest BCUT2D eigenvalue weighted by molar-refractivity contribution is 6.31. The van der Waals surface area contributed by atoms with Crippen molar-refractivity contribution in [1.29, 1.82) is 0 Å². The van der Waals surface area contributed by atoms with Crippen LogP contribution in [0.25, 0.3) is 6.08 Å². The monoisotopic (exact) mass is 345 g/mol. The van der Waals surface area contributed by atoms with Crippen LogP contribution >= 0.6 is 11.6 Å². The molecule has 0 atom stereocenters. The number of carbonyl (C=O) groups excluding carboxylic acids is 1. The number of aromatic nitrogens is 3. The molecule has 126 valence electrons. The maximum atomic E-state index is 12.4. The summed E-state index contributed by atoms with van der Waals surface area (Å²) >= 11 is 6.18. The van der Waals surface area contributed by atoms with Crippen molar-refractivity contribution in [3.05, 3.63) is 46.9 Å². The SMILES string of the molecule is Cc1nn(C)c(Cl)c1/C=C/C(=O)N1CCN(c2ccccn2)CC1. The largest absolute Gasteiger partial charge is 0.353 e. The van der Waals surface area contributed by atoms with Crippen LogP contribution < -0.4 is 4.90 Å². The minimum absolute atomic E-state index is 0.00464. The fourth-order valence-corrected chi connectivity index (χ4v) is 3.03. The van der Waals surface area contributed by atoms with Crippen molar-refractivity contribution in [1.82, 2.24) is 19.7 Å². The molecule has 6 nitrogen and oxygen atoms in total. The maximum Gasteiger partial charge on any atom is 0.246 e. The van der Waals surface area contributed by atoms with E-state index in [1.807, 2.05) is 30.0 Å². The summed E-state index contributed by atoms with van der Waals surface area (Å²) in [6, 6.07) is 5.87. The van der Waals surface area contributed by atoms with E-state index in [0.29, 0.717) is 18.2 Å². The van der Waals surface area contributed by atoms with Crippen LogP contribution in [0, 0.1) is 6.92 Å². The van der Waals surface area contributed by atoms with Crippen molar-refractivity contribution in [3.8, 4) is 0 Å². The fourth-order valence-electron chi connectivity index (χ4n) is 2.79. The molecule has 24 heavy (non-hydrogen) atoms. The van der Waals surface area contributed by atoms with E-state index >= 15 is 0 Å². The molecule has 2 aromatic heterocycles. The first-order valence-electron chi connectivity index (χ1n) is 7.88. The van der Waals surface area contributed by atoms with Crippen LogP contribution in [0.4, 0.5) is 5.82 Å². The van der Waals surface area contributed by atoms with Gasteiger partial charge in [0.15, 0.2) is 0 Å². The van der Waals surface area contributed by atoms with Gasteiger partial charge in [-0.1, -0.05) is 17.7 Å². The van der Waals surface area contributed by atoms with E-state index in [-0.39, 0.29) is 5.91 Å². The molecule has 0 saturated carbocycles. The van der Waals surface area contributed by atoms with Gasteiger partial charge in [0.2, 0.25) is 5.91 Å². The summed E-state index contributed by atoms with van der Waals surface area (Å²) in [6.45, 7) is 4.80. The lowest BCUT2D eigenvalue weighted by atomic mass is 10.2. The zero-order valence-corrected chi connectivity index (χ0v) is 14.6. The highest BCUT2D eigenvalue weighted by Gasteiger charge is 2.20. The average Bonchev–Trinajstić information content (AvgIpc) is 2.86. The van der Waals surface area contributed by atoms with Gasteiger partial charge in [-0.2, -0.15) is 5.10 Å². The van der Waals surface area contributed by atoms with Gasteiger partial charge in [-0.3, -0.25) is 9.48 Å². The van der Waals surface area contributed by atoms with Gasteiger partial charge in [0.25, 0.3) is 0 Å². The Morgan fingerprint density at radius 1 is 1.25 bits per heavy atom. The van der Waals surface area contributed by atoms with Crippen molar-refractivity contribution in [3.63, 3.8) is 0 Å².